The Morgan fingerprint density at radius 1 is 0.955 bits per heavy atom. The maximum absolute atomic E-state index is 11.9. The first kappa shape index (κ1) is 19.0. The predicted molar refractivity (Wildman–Crippen MR) is 79.4 cm³/mol. The van der Waals surface area contributed by atoms with Gasteiger partial charge >= 0.3 is 0 Å². The van der Waals surface area contributed by atoms with Gasteiger partial charge in [-0.3, -0.25) is 8.74 Å². The molecule has 0 fully saturated rings. The van der Waals surface area contributed by atoms with Crippen LogP contribution in [-0.4, -0.2) is 54.2 Å². The normalized spacial score (nSPS) is 13.2. The van der Waals surface area contributed by atoms with Gasteiger partial charge in [0.2, 0.25) is 0 Å². The highest BCUT2D eigenvalue weighted by molar-refractivity contribution is 7.91. The first-order chi connectivity index (χ1) is 9.89. The highest BCUT2D eigenvalue weighted by Crippen LogP contribution is 2.13. The number of rotatable bonds is 8. The van der Waals surface area contributed by atoms with Crippen molar-refractivity contribution in [1.29, 1.82) is 0 Å². The molecule has 0 spiro atoms. The molecule has 0 aliphatic heterocycles. The van der Waals surface area contributed by atoms with E-state index in [2.05, 4.69) is 4.18 Å². The maximum Gasteiger partial charge on any atom is 0.265 e. The van der Waals surface area contributed by atoms with Crippen molar-refractivity contribution in [3.8, 4) is 0 Å². The largest absolute Gasteiger partial charge is 0.286 e. The lowest BCUT2D eigenvalue weighted by Gasteiger charge is -2.06. The zero-order valence-electron chi connectivity index (χ0n) is 11.7. The van der Waals surface area contributed by atoms with Crippen molar-refractivity contribution in [2.45, 2.75) is 11.3 Å². The van der Waals surface area contributed by atoms with E-state index in [1.54, 1.807) is 0 Å². The summed E-state index contributed by atoms with van der Waals surface area (Å²) in [6.45, 7) is -0.480. The Morgan fingerprint density at radius 3 is 1.95 bits per heavy atom. The molecule has 0 radical (unpaired) electrons. The zero-order valence-corrected chi connectivity index (χ0v) is 14.1. The van der Waals surface area contributed by atoms with E-state index < -0.39 is 48.2 Å². The lowest BCUT2D eigenvalue weighted by molar-refractivity contribution is 0.343. The molecular weight excluding hydrogens is 356 g/mol. The number of hydrogen-bond donors (Lipinski definition) is 1. The molecule has 0 atom stereocenters. The lowest BCUT2D eigenvalue weighted by Crippen LogP contribution is -2.15. The summed E-state index contributed by atoms with van der Waals surface area (Å²) in [6, 6.07) is 5.43. The van der Waals surface area contributed by atoms with Crippen molar-refractivity contribution in [2.75, 3.05) is 24.4 Å². The van der Waals surface area contributed by atoms with Crippen LogP contribution in [0.25, 0.3) is 0 Å². The minimum absolute atomic E-state index is 0.0276. The smallest absolute Gasteiger partial charge is 0.265 e. The van der Waals surface area contributed by atoms with Crippen LogP contribution in [0.5, 0.6) is 0 Å². The molecule has 0 aliphatic carbocycles. The summed E-state index contributed by atoms with van der Waals surface area (Å²) in [5.74, 6) is -0.953. The molecule has 11 heteroatoms. The van der Waals surface area contributed by atoms with Crippen molar-refractivity contribution in [2.24, 2.45) is 0 Å². The van der Waals surface area contributed by atoms with Gasteiger partial charge in [0.1, 0.15) is 0 Å². The maximum atomic E-state index is 11.9. The minimum atomic E-state index is -4.08. The molecule has 0 heterocycles. The molecule has 1 N–H and O–H groups in total. The predicted octanol–water partition coefficient (Wildman–Crippen LogP) is -0.133. The first-order valence-electron chi connectivity index (χ1n) is 6.00. The number of hydrogen-bond acceptors (Lipinski definition) is 7. The molecule has 1 aromatic carbocycles. The minimum Gasteiger partial charge on any atom is -0.286 e. The van der Waals surface area contributed by atoms with Gasteiger partial charge in [-0.2, -0.15) is 16.8 Å². The van der Waals surface area contributed by atoms with Crippen molar-refractivity contribution in [3.63, 3.8) is 0 Å². The lowest BCUT2D eigenvalue weighted by atomic mass is 10.2. The summed E-state index contributed by atoms with van der Waals surface area (Å²) in [7, 11) is -11.5. The van der Waals surface area contributed by atoms with Gasteiger partial charge in [0, 0.05) is 0 Å². The molecule has 0 aliphatic rings. The molecule has 0 aromatic heterocycles. The highest BCUT2D eigenvalue weighted by atomic mass is 32.2. The van der Waals surface area contributed by atoms with E-state index in [0.717, 1.165) is 6.26 Å². The fourth-order valence-corrected chi connectivity index (χ4v) is 3.60. The zero-order chi connectivity index (χ0) is 17.0. The van der Waals surface area contributed by atoms with Crippen molar-refractivity contribution < 1.29 is 34.0 Å². The molecule has 0 amide bonds. The van der Waals surface area contributed by atoms with Crippen LogP contribution in [0.2, 0.25) is 0 Å². The quantitative estimate of drug-likeness (QED) is 0.493. The molecule has 1 aromatic rings. The molecule has 0 bridgehead atoms. The SMILES string of the molecule is CS(=O)(=O)OCCS(=O)(=O)c1ccc(CCS(=O)(=O)O)cc1. The van der Waals surface area contributed by atoms with Gasteiger partial charge in [-0.15, -0.1) is 0 Å². The van der Waals surface area contributed by atoms with Crippen LogP contribution < -0.4 is 0 Å². The molecule has 8 nitrogen and oxygen atoms in total. The van der Waals surface area contributed by atoms with Crippen LogP contribution >= 0.6 is 0 Å². The van der Waals surface area contributed by atoms with E-state index in [9.17, 15) is 25.3 Å². The first-order valence-corrected chi connectivity index (χ1v) is 11.1. The Hall–Kier alpha value is -1.01. The van der Waals surface area contributed by atoms with Crippen molar-refractivity contribution >= 4 is 30.1 Å². The number of sulfone groups is 1. The van der Waals surface area contributed by atoms with Crippen LogP contribution in [0.3, 0.4) is 0 Å². The summed E-state index contributed by atoms with van der Waals surface area (Å²) >= 11 is 0. The van der Waals surface area contributed by atoms with Gasteiger partial charge < -0.3 is 0 Å². The molecule has 0 saturated heterocycles. The Balaban J connectivity index is 2.72. The van der Waals surface area contributed by atoms with Gasteiger partial charge in [-0.25, -0.2) is 8.42 Å². The third-order valence-electron chi connectivity index (χ3n) is 2.58. The molecule has 126 valence electrons. The second-order valence-electron chi connectivity index (χ2n) is 4.52. The van der Waals surface area contributed by atoms with E-state index >= 15 is 0 Å². The summed E-state index contributed by atoms with van der Waals surface area (Å²) in [5, 5.41) is 0. The van der Waals surface area contributed by atoms with Crippen LogP contribution in [0, 0.1) is 0 Å². The van der Waals surface area contributed by atoms with E-state index in [1.165, 1.54) is 24.3 Å². The van der Waals surface area contributed by atoms with Crippen LogP contribution in [0.1, 0.15) is 5.56 Å². The van der Waals surface area contributed by atoms with E-state index in [-0.39, 0.29) is 11.3 Å². The third kappa shape index (κ3) is 7.31. The fraction of sp³-hybridized carbons (Fsp3) is 0.455. The summed E-state index contributed by atoms with van der Waals surface area (Å²) in [6.07, 6.45) is 0.875. The van der Waals surface area contributed by atoms with Gasteiger partial charge in [0.05, 0.1) is 29.3 Å². The molecule has 22 heavy (non-hydrogen) atoms. The summed E-state index contributed by atoms with van der Waals surface area (Å²) in [5.41, 5.74) is 0.545. The average molecular weight is 372 g/mol. The number of aryl methyl sites for hydroxylation is 1. The highest BCUT2D eigenvalue weighted by Gasteiger charge is 2.16. The van der Waals surface area contributed by atoms with Crippen molar-refractivity contribution in [3.05, 3.63) is 29.8 Å². The Labute approximate surface area is 129 Å². The molecule has 0 unspecified atom stereocenters. The van der Waals surface area contributed by atoms with Crippen LogP contribution in [0.15, 0.2) is 29.2 Å². The Kier molecular flexibility index (Phi) is 6.10. The van der Waals surface area contributed by atoms with Crippen molar-refractivity contribution in [1.82, 2.24) is 0 Å². The van der Waals surface area contributed by atoms with E-state index in [4.69, 9.17) is 4.55 Å². The van der Waals surface area contributed by atoms with E-state index in [0.29, 0.717) is 5.56 Å². The second-order valence-corrected chi connectivity index (χ2v) is 9.85. The standard InChI is InChI=1S/C11H16O8S3/c1-20(12,13)19-7-9-21(14,15)11-4-2-10(3-5-11)6-8-22(16,17)18/h2-5H,6-9H2,1H3,(H,16,17,18). The number of benzene rings is 1. The van der Waals surface area contributed by atoms with Gasteiger partial charge in [-0.1, -0.05) is 12.1 Å². The monoisotopic (exact) mass is 372 g/mol. The van der Waals surface area contributed by atoms with E-state index in [1.807, 2.05) is 0 Å². The van der Waals surface area contributed by atoms with Gasteiger partial charge in [0.15, 0.2) is 9.84 Å². The molecular formula is C11H16O8S3. The topological polar surface area (TPSA) is 132 Å². The van der Waals surface area contributed by atoms with Gasteiger partial charge in [0.25, 0.3) is 20.2 Å². The second kappa shape index (κ2) is 7.04. The van der Waals surface area contributed by atoms with Gasteiger partial charge in [-0.05, 0) is 24.1 Å². The molecule has 0 saturated carbocycles. The average Bonchev–Trinajstić information content (AvgIpc) is 2.34. The summed E-state index contributed by atoms with van der Waals surface area (Å²) in [4.78, 5) is -0.0276. The third-order valence-corrected chi connectivity index (χ3v) is 5.59. The Bertz CT molecular complexity index is 805. The Morgan fingerprint density at radius 2 is 1.50 bits per heavy atom. The van der Waals surface area contributed by atoms with Crippen LogP contribution in [0.4, 0.5) is 0 Å². The van der Waals surface area contributed by atoms with Crippen LogP contribution in [-0.2, 0) is 40.7 Å². The fourth-order valence-electron chi connectivity index (χ4n) is 1.52. The molecule has 1 rings (SSSR count). The summed E-state index contributed by atoms with van der Waals surface area (Å²) < 4.78 is 79.7.